The Hall–Kier alpha value is -2.27. The molecule has 0 aliphatic carbocycles. The van der Waals surface area contributed by atoms with Gasteiger partial charge in [0.2, 0.25) is 0 Å². The van der Waals surface area contributed by atoms with Gasteiger partial charge in [0, 0.05) is 24.9 Å². The number of Topliss-reactive ketones (excluding diaryl/α,β-unsaturated/α-hetero) is 1. The lowest BCUT2D eigenvalue weighted by Crippen LogP contribution is -2.32. The number of rotatable bonds is 3. The zero-order chi connectivity index (χ0) is 15.0. The Kier molecular flexibility index (Phi) is 3.43. The van der Waals surface area contributed by atoms with Gasteiger partial charge in [0.05, 0.1) is 16.3 Å². The fraction of sp³-hybridized carbons (Fsp3) is 0.133. The quantitative estimate of drug-likeness (QED) is 0.819. The van der Waals surface area contributed by atoms with Crippen molar-refractivity contribution in [3.8, 4) is 0 Å². The zero-order valence-corrected chi connectivity index (χ0v) is 11.6. The normalized spacial score (nSPS) is 13.7. The molecule has 0 N–H and O–H groups in total. The highest BCUT2D eigenvalue weighted by atomic mass is 35.5. The smallest absolute Gasteiger partial charge is 0.299 e. The molecule has 0 unspecified atom stereocenters. The van der Waals surface area contributed by atoms with Crippen molar-refractivity contribution in [2.45, 2.75) is 6.42 Å². The number of halogens is 2. The summed E-state index contributed by atoms with van der Waals surface area (Å²) in [6.45, 7) is 0.172. The third-order valence-corrected chi connectivity index (χ3v) is 3.65. The van der Waals surface area contributed by atoms with Gasteiger partial charge in [0.25, 0.3) is 11.7 Å². The molecule has 6 heteroatoms. The molecule has 1 aliphatic rings. The molecular weight excluding hydrogens is 295 g/mol. The minimum absolute atomic E-state index is 0.0339. The number of carbonyl (C=O) groups excluding carboxylic acids is 2. The van der Waals surface area contributed by atoms with Gasteiger partial charge in [-0.3, -0.25) is 14.6 Å². The van der Waals surface area contributed by atoms with Crippen LogP contribution in [0, 0.1) is 5.82 Å². The second kappa shape index (κ2) is 5.26. The van der Waals surface area contributed by atoms with E-state index < -0.39 is 17.5 Å². The molecule has 2 heterocycles. The van der Waals surface area contributed by atoms with Gasteiger partial charge in [0.1, 0.15) is 5.82 Å². The van der Waals surface area contributed by atoms with Crippen molar-refractivity contribution >= 4 is 29.0 Å². The van der Waals surface area contributed by atoms with Crippen molar-refractivity contribution in [3.05, 3.63) is 58.6 Å². The Bertz CT molecular complexity index is 734. The van der Waals surface area contributed by atoms with E-state index in [1.165, 1.54) is 6.07 Å². The third-order valence-electron chi connectivity index (χ3n) is 3.33. The number of aromatic nitrogens is 1. The first kappa shape index (κ1) is 13.7. The number of carbonyl (C=O) groups is 2. The lowest BCUT2D eigenvalue weighted by atomic mass is 10.1. The highest BCUT2D eigenvalue weighted by Crippen LogP contribution is 2.36. The first-order chi connectivity index (χ1) is 10.1. The first-order valence-electron chi connectivity index (χ1n) is 6.33. The minimum atomic E-state index is -0.768. The van der Waals surface area contributed by atoms with E-state index in [1.54, 1.807) is 18.3 Å². The number of hydrogen-bond acceptors (Lipinski definition) is 3. The Labute approximate surface area is 125 Å². The van der Waals surface area contributed by atoms with Gasteiger partial charge < -0.3 is 4.90 Å². The zero-order valence-electron chi connectivity index (χ0n) is 10.8. The van der Waals surface area contributed by atoms with Crippen molar-refractivity contribution in [3.63, 3.8) is 0 Å². The van der Waals surface area contributed by atoms with E-state index in [1.807, 2.05) is 6.07 Å². The predicted octanol–water partition coefficient (Wildman–Crippen LogP) is 2.65. The van der Waals surface area contributed by atoms with Crippen molar-refractivity contribution < 1.29 is 14.0 Å². The fourth-order valence-electron chi connectivity index (χ4n) is 2.34. The van der Waals surface area contributed by atoms with Crippen LogP contribution in [-0.2, 0) is 11.2 Å². The molecule has 1 aromatic carbocycles. The topological polar surface area (TPSA) is 50.3 Å². The van der Waals surface area contributed by atoms with E-state index >= 15 is 0 Å². The van der Waals surface area contributed by atoms with Crippen LogP contribution >= 0.6 is 11.6 Å². The van der Waals surface area contributed by atoms with Crippen molar-refractivity contribution in [2.24, 2.45) is 0 Å². The Balaban J connectivity index is 1.93. The third kappa shape index (κ3) is 2.29. The van der Waals surface area contributed by atoms with Gasteiger partial charge in [0.15, 0.2) is 0 Å². The van der Waals surface area contributed by atoms with Crippen LogP contribution in [0.2, 0.25) is 5.02 Å². The van der Waals surface area contributed by atoms with Gasteiger partial charge >= 0.3 is 0 Å². The fourth-order valence-corrected chi connectivity index (χ4v) is 2.58. The van der Waals surface area contributed by atoms with E-state index in [9.17, 15) is 14.0 Å². The SMILES string of the molecule is O=C1C(=O)N(CCc2ccccn2)c2c(F)ccc(Cl)c21. The van der Waals surface area contributed by atoms with Crippen LogP contribution in [0.15, 0.2) is 36.5 Å². The van der Waals surface area contributed by atoms with Crippen LogP contribution in [-0.4, -0.2) is 23.2 Å². The Morgan fingerprint density at radius 3 is 2.71 bits per heavy atom. The molecule has 0 bridgehead atoms. The molecule has 2 aromatic rings. The molecule has 1 amide bonds. The minimum Gasteiger partial charge on any atom is -0.302 e. The molecule has 4 nitrogen and oxygen atoms in total. The lowest BCUT2D eigenvalue weighted by Gasteiger charge is -2.16. The molecule has 106 valence electrons. The Morgan fingerprint density at radius 1 is 1.19 bits per heavy atom. The number of anilines is 1. The predicted molar refractivity (Wildman–Crippen MR) is 76.0 cm³/mol. The second-order valence-electron chi connectivity index (χ2n) is 4.61. The first-order valence-corrected chi connectivity index (χ1v) is 6.71. The molecule has 1 aromatic heterocycles. The number of amides is 1. The monoisotopic (exact) mass is 304 g/mol. The van der Waals surface area contributed by atoms with Crippen LogP contribution < -0.4 is 4.90 Å². The van der Waals surface area contributed by atoms with Gasteiger partial charge in [-0.1, -0.05) is 17.7 Å². The molecule has 0 radical (unpaired) electrons. The maximum atomic E-state index is 14.0. The molecule has 1 aliphatic heterocycles. The average Bonchev–Trinajstić information content (AvgIpc) is 2.75. The van der Waals surface area contributed by atoms with Crippen LogP contribution in [0.1, 0.15) is 16.1 Å². The molecule has 0 saturated heterocycles. The standard InChI is InChI=1S/C15H10ClFN2O2/c16-10-4-5-11(17)13-12(10)14(20)15(21)19(13)8-6-9-3-1-2-7-18-9/h1-5,7H,6,8H2. The molecule has 3 rings (SSSR count). The molecule has 0 spiro atoms. The molecular formula is C15H10ClFN2O2. The number of hydrogen-bond donors (Lipinski definition) is 0. The molecule has 21 heavy (non-hydrogen) atoms. The van der Waals surface area contributed by atoms with Crippen LogP contribution in [0.3, 0.4) is 0 Å². The maximum Gasteiger partial charge on any atom is 0.299 e. The van der Waals surface area contributed by atoms with Crippen molar-refractivity contribution in [1.29, 1.82) is 0 Å². The summed E-state index contributed by atoms with van der Waals surface area (Å²) >= 11 is 5.91. The largest absolute Gasteiger partial charge is 0.302 e. The lowest BCUT2D eigenvalue weighted by molar-refractivity contribution is -0.114. The van der Waals surface area contributed by atoms with Crippen molar-refractivity contribution in [1.82, 2.24) is 4.98 Å². The highest BCUT2D eigenvalue weighted by Gasteiger charge is 2.39. The van der Waals surface area contributed by atoms with E-state index in [-0.39, 0.29) is 22.8 Å². The number of pyridine rings is 1. The van der Waals surface area contributed by atoms with Crippen LogP contribution in [0.4, 0.5) is 10.1 Å². The molecule has 0 atom stereocenters. The number of benzene rings is 1. The summed E-state index contributed by atoms with van der Waals surface area (Å²) in [5, 5.41) is 0.0880. The summed E-state index contributed by atoms with van der Waals surface area (Å²) in [6, 6.07) is 7.84. The molecule has 0 fully saturated rings. The van der Waals surface area contributed by atoms with E-state index in [2.05, 4.69) is 4.98 Å². The van der Waals surface area contributed by atoms with Crippen molar-refractivity contribution in [2.75, 3.05) is 11.4 Å². The average molecular weight is 305 g/mol. The number of ketones is 1. The highest BCUT2D eigenvalue weighted by molar-refractivity contribution is 6.55. The van der Waals surface area contributed by atoms with Crippen LogP contribution in [0.5, 0.6) is 0 Å². The summed E-state index contributed by atoms with van der Waals surface area (Å²) in [5.74, 6) is -2.15. The van der Waals surface area contributed by atoms with Gasteiger partial charge in [-0.15, -0.1) is 0 Å². The van der Waals surface area contributed by atoms with E-state index in [4.69, 9.17) is 11.6 Å². The van der Waals surface area contributed by atoms with E-state index in [0.717, 1.165) is 16.7 Å². The maximum absolute atomic E-state index is 14.0. The number of nitrogens with zero attached hydrogens (tertiary/aromatic N) is 2. The summed E-state index contributed by atoms with van der Waals surface area (Å²) in [5.41, 5.74) is 0.671. The summed E-state index contributed by atoms with van der Waals surface area (Å²) in [4.78, 5) is 29.2. The summed E-state index contributed by atoms with van der Waals surface area (Å²) in [7, 11) is 0. The summed E-state index contributed by atoms with van der Waals surface area (Å²) < 4.78 is 14.0. The number of fused-ring (bicyclic) bond motifs is 1. The Morgan fingerprint density at radius 2 is 2.00 bits per heavy atom. The van der Waals surface area contributed by atoms with Gasteiger partial charge in [-0.05, 0) is 24.3 Å². The second-order valence-corrected chi connectivity index (χ2v) is 5.02. The van der Waals surface area contributed by atoms with Gasteiger partial charge in [-0.25, -0.2) is 4.39 Å². The van der Waals surface area contributed by atoms with Gasteiger partial charge in [-0.2, -0.15) is 0 Å². The van der Waals surface area contributed by atoms with E-state index in [0.29, 0.717) is 6.42 Å². The molecule has 0 saturated carbocycles. The van der Waals surface area contributed by atoms with Crippen LogP contribution in [0.25, 0.3) is 0 Å². The summed E-state index contributed by atoms with van der Waals surface area (Å²) in [6.07, 6.45) is 2.06.